The van der Waals surface area contributed by atoms with Crippen LogP contribution >= 0.6 is 0 Å². The van der Waals surface area contributed by atoms with Crippen LogP contribution in [0.5, 0.6) is 5.75 Å². The van der Waals surface area contributed by atoms with E-state index in [1.54, 1.807) is 7.11 Å². The number of unbranched alkanes of at least 4 members (excludes halogenated alkanes) is 1. The highest BCUT2D eigenvalue weighted by molar-refractivity contribution is 5.40. The molecule has 0 fully saturated rings. The minimum atomic E-state index is 0.202. The van der Waals surface area contributed by atoms with Crippen LogP contribution in [0.1, 0.15) is 65.0 Å². The van der Waals surface area contributed by atoms with Gasteiger partial charge in [-0.05, 0) is 34.9 Å². The van der Waals surface area contributed by atoms with Crippen LogP contribution in [0.2, 0.25) is 0 Å². The van der Waals surface area contributed by atoms with E-state index in [0.29, 0.717) is 0 Å². The van der Waals surface area contributed by atoms with Crippen LogP contribution in [0.3, 0.4) is 0 Å². The van der Waals surface area contributed by atoms with Crippen molar-refractivity contribution >= 4 is 0 Å². The second-order valence-electron chi connectivity index (χ2n) is 6.73. The number of ether oxygens (including phenoxy) is 1. The number of hydrogen-bond acceptors (Lipinski definition) is 1. The smallest absolute Gasteiger partial charge is 0.122 e. The molecule has 0 aliphatic carbocycles. The van der Waals surface area contributed by atoms with Crippen molar-refractivity contribution in [3.8, 4) is 5.75 Å². The zero-order valence-corrected chi connectivity index (χ0v) is 13.5. The molecule has 0 aromatic heterocycles. The van der Waals surface area contributed by atoms with Gasteiger partial charge in [-0.1, -0.05) is 66.0 Å². The Morgan fingerprint density at radius 3 is 2.42 bits per heavy atom. The molecule has 1 rings (SSSR count). The standard InChI is InChI=1S/C18H30O/c1-7-8-9-14(2)12-15-13-16(18(3,4)5)10-11-17(15)19-6/h10-11,13-14H,7-9,12H2,1-6H3. The van der Waals surface area contributed by atoms with Gasteiger partial charge in [-0.3, -0.25) is 0 Å². The Hall–Kier alpha value is -0.980. The third kappa shape index (κ3) is 4.89. The van der Waals surface area contributed by atoms with Crippen LogP contribution in [0.15, 0.2) is 18.2 Å². The van der Waals surface area contributed by atoms with Gasteiger partial charge in [-0.25, -0.2) is 0 Å². The van der Waals surface area contributed by atoms with Gasteiger partial charge in [0.2, 0.25) is 0 Å². The van der Waals surface area contributed by atoms with E-state index >= 15 is 0 Å². The van der Waals surface area contributed by atoms with Gasteiger partial charge in [0.15, 0.2) is 0 Å². The molecule has 0 spiro atoms. The lowest BCUT2D eigenvalue weighted by Gasteiger charge is -2.22. The molecule has 0 bridgehead atoms. The van der Waals surface area contributed by atoms with Gasteiger partial charge in [0.05, 0.1) is 7.11 Å². The lowest BCUT2D eigenvalue weighted by molar-refractivity contribution is 0.402. The van der Waals surface area contributed by atoms with Crippen LogP contribution in [0, 0.1) is 5.92 Å². The second-order valence-corrected chi connectivity index (χ2v) is 6.73. The summed E-state index contributed by atoms with van der Waals surface area (Å²) < 4.78 is 5.52. The van der Waals surface area contributed by atoms with Crippen LogP contribution in [-0.2, 0) is 11.8 Å². The first-order chi connectivity index (χ1) is 8.88. The molecule has 0 saturated carbocycles. The summed E-state index contributed by atoms with van der Waals surface area (Å²) in [4.78, 5) is 0. The van der Waals surface area contributed by atoms with Gasteiger partial charge < -0.3 is 4.74 Å². The van der Waals surface area contributed by atoms with E-state index < -0.39 is 0 Å². The Bertz CT molecular complexity index is 387. The van der Waals surface area contributed by atoms with E-state index in [1.165, 1.54) is 30.4 Å². The third-order valence-corrected chi connectivity index (χ3v) is 3.77. The number of hydrogen-bond donors (Lipinski definition) is 0. The van der Waals surface area contributed by atoms with Gasteiger partial charge >= 0.3 is 0 Å². The molecule has 1 aromatic carbocycles. The van der Waals surface area contributed by atoms with Crippen molar-refractivity contribution < 1.29 is 4.74 Å². The Kier molecular flexibility index (Phi) is 5.90. The maximum Gasteiger partial charge on any atom is 0.122 e. The predicted molar refractivity (Wildman–Crippen MR) is 84.1 cm³/mol. The van der Waals surface area contributed by atoms with Gasteiger partial charge in [0, 0.05) is 0 Å². The molecule has 1 unspecified atom stereocenters. The fourth-order valence-corrected chi connectivity index (χ4v) is 2.43. The molecule has 1 atom stereocenters. The molecule has 0 aliphatic rings. The second kappa shape index (κ2) is 6.98. The molecular formula is C18H30O. The zero-order chi connectivity index (χ0) is 14.5. The van der Waals surface area contributed by atoms with Crippen molar-refractivity contribution in [1.29, 1.82) is 0 Å². The van der Waals surface area contributed by atoms with E-state index in [9.17, 15) is 0 Å². The van der Waals surface area contributed by atoms with Crippen molar-refractivity contribution in [3.63, 3.8) is 0 Å². The summed E-state index contributed by atoms with van der Waals surface area (Å²) in [6.07, 6.45) is 5.03. The molecule has 0 heterocycles. The highest BCUT2D eigenvalue weighted by Gasteiger charge is 2.16. The molecule has 0 radical (unpaired) electrons. The fourth-order valence-electron chi connectivity index (χ4n) is 2.43. The summed E-state index contributed by atoms with van der Waals surface area (Å²) in [5.74, 6) is 1.76. The normalized spacial score (nSPS) is 13.4. The molecule has 0 saturated heterocycles. The van der Waals surface area contributed by atoms with Crippen molar-refractivity contribution in [2.75, 3.05) is 7.11 Å². The zero-order valence-electron chi connectivity index (χ0n) is 13.5. The number of methoxy groups -OCH3 is 1. The molecule has 1 aromatic rings. The quantitative estimate of drug-likeness (QED) is 0.670. The van der Waals surface area contributed by atoms with E-state index in [4.69, 9.17) is 4.74 Å². The maximum absolute atomic E-state index is 5.52. The summed E-state index contributed by atoms with van der Waals surface area (Å²) in [6.45, 7) is 11.4. The minimum absolute atomic E-state index is 0.202. The molecule has 0 aliphatic heterocycles. The van der Waals surface area contributed by atoms with Crippen LogP contribution in [0.4, 0.5) is 0 Å². The minimum Gasteiger partial charge on any atom is -0.496 e. The highest BCUT2D eigenvalue weighted by Crippen LogP contribution is 2.30. The van der Waals surface area contributed by atoms with Crippen LogP contribution < -0.4 is 4.74 Å². The number of benzene rings is 1. The van der Waals surface area contributed by atoms with E-state index in [0.717, 1.165) is 18.1 Å². The van der Waals surface area contributed by atoms with E-state index in [2.05, 4.69) is 52.8 Å². The van der Waals surface area contributed by atoms with Crippen molar-refractivity contribution in [2.45, 2.75) is 65.7 Å². The van der Waals surface area contributed by atoms with Gasteiger partial charge in [0.25, 0.3) is 0 Å². The van der Waals surface area contributed by atoms with Gasteiger partial charge in [-0.15, -0.1) is 0 Å². The molecular weight excluding hydrogens is 232 g/mol. The summed E-state index contributed by atoms with van der Waals surface area (Å²) in [5.41, 5.74) is 2.96. The summed E-state index contributed by atoms with van der Waals surface area (Å²) in [6, 6.07) is 6.66. The molecule has 1 nitrogen and oxygen atoms in total. The number of rotatable bonds is 6. The van der Waals surface area contributed by atoms with Crippen molar-refractivity contribution in [2.24, 2.45) is 5.92 Å². The predicted octanol–water partition coefficient (Wildman–Crippen LogP) is 5.36. The first kappa shape index (κ1) is 16.1. The highest BCUT2D eigenvalue weighted by atomic mass is 16.5. The van der Waals surface area contributed by atoms with Crippen molar-refractivity contribution in [3.05, 3.63) is 29.3 Å². The summed E-state index contributed by atoms with van der Waals surface area (Å²) >= 11 is 0. The average molecular weight is 262 g/mol. The Morgan fingerprint density at radius 1 is 1.21 bits per heavy atom. The lowest BCUT2D eigenvalue weighted by Crippen LogP contribution is -2.12. The molecule has 0 amide bonds. The Morgan fingerprint density at radius 2 is 1.89 bits per heavy atom. The summed E-state index contributed by atoms with van der Waals surface area (Å²) in [5, 5.41) is 0. The molecule has 19 heavy (non-hydrogen) atoms. The molecule has 1 heteroatoms. The SMILES string of the molecule is CCCCC(C)Cc1cc(C(C)(C)C)ccc1OC. The third-order valence-electron chi connectivity index (χ3n) is 3.77. The molecule has 108 valence electrons. The topological polar surface area (TPSA) is 9.23 Å². The van der Waals surface area contributed by atoms with Gasteiger partial charge in [-0.2, -0.15) is 0 Å². The van der Waals surface area contributed by atoms with Crippen LogP contribution in [0.25, 0.3) is 0 Å². The Balaban J connectivity index is 2.90. The van der Waals surface area contributed by atoms with Crippen LogP contribution in [-0.4, -0.2) is 7.11 Å². The monoisotopic (exact) mass is 262 g/mol. The van der Waals surface area contributed by atoms with E-state index in [-0.39, 0.29) is 5.41 Å². The average Bonchev–Trinajstić information content (AvgIpc) is 2.35. The largest absolute Gasteiger partial charge is 0.496 e. The Labute approximate surface area is 119 Å². The maximum atomic E-state index is 5.52. The lowest BCUT2D eigenvalue weighted by atomic mass is 9.84. The van der Waals surface area contributed by atoms with Crippen molar-refractivity contribution in [1.82, 2.24) is 0 Å². The van der Waals surface area contributed by atoms with E-state index in [1.807, 2.05) is 0 Å². The first-order valence-electron chi connectivity index (χ1n) is 7.55. The van der Waals surface area contributed by atoms with Gasteiger partial charge in [0.1, 0.15) is 5.75 Å². The molecule has 0 N–H and O–H groups in total. The fraction of sp³-hybridized carbons (Fsp3) is 0.667. The first-order valence-corrected chi connectivity index (χ1v) is 7.55. The summed E-state index contributed by atoms with van der Waals surface area (Å²) in [7, 11) is 1.77.